The van der Waals surface area contributed by atoms with E-state index in [9.17, 15) is 25.0 Å². The van der Waals surface area contributed by atoms with Gasteiger partial charge in [0.05, 0.1) is 9.85 Å². The van der Waals surface area contributed by atoms with Crippen molar-refractivity contribution in [1.29, 1.82) is 0 Å². The first-order valence-electron chi connectivity index (χ1n) is 5.20. The van der Waals surface area contributed by atoms with Crippen LogP contribution in [0.1, 0.15) is 12.8 Å². The van der Waals surface area contributed by atoms with Gasteiger partial charge in [-0.1, -0.05) is 12.1 Å². The Morgan fingerprint density at radius 2 is 2.00 bits per heavy atom. The zero-order valence-electron chi connectivity index (χ0n) is 9.77. The van der Waals surface area contributed by atoms with E-state index in [2.05, 4.69) is 6.58 Å². The summed E-state index contributed by atoms with van der Waals surface area (Å²) >= 11 is 0. The van der Waals surface area contributed by atoms with E-state index in [4.69, 9.17) is 4.74 Å². The molecule has 1 aromatic carbocycles. The normalized spacial score (nSPS) is 9.68. The molecule has 0 aliphatic heterocycles. The molecule has 0 aliphatic carbocycles. The molecule has 0 saturated heterocycles. The highest BCUT2D eigenvalue weighted by molar-refractivity contribution is 5.75. The molecule has 0 radical (unpaired) electrons. The molecule has 0 aromatic heterocycles. The van der Waals surface area contributed by atoms with Crippen LogP contribution in [-0.2, 0) is 4.79 Å². The van der Waals surface area contributed by atoms with E-state index in [-0.39, 0.29) is 6.42 Å². The number of allylic oxidation sites excluding steroid dienone is 1. The van der Waals surface area contributed by atoms with E-state index >= 15 is 0 Å². The highest BCUT2D eigenvalue weighted by Gasteiger charge is 2.30. The van der Waals surface area contributed by atoms with Crippen molar-refractivity contribution in [3.8, 4) is 5.75 Å². The Morgan fingerprint density at radius 1 is 1.32 bits per heavy atom. The van der Waals surface area contributed by atoms with Gasteiger partial charge < -0.3 is 4.74 Å². The average molecular weight is 266 g/mol. The van der Waals surface area contributed by atoms with E-state index in [1.807, 2.05) is 0 Å². The maximum atomic E-state index is 11.4. The van der Waals surface area contributed by atoms with Crippen LogP contribution in [0.4, 0.5) is 11.4 Å². The topological polar surface area (TPSA) is 113 Å². The van der Waals surface area contributed by atoms with Crippen molar-refractivity contribution in [3.63, 3.8) is 0 Å². The average Bonchev–Trinajstić information content (AvgIpc) is 2.35. The summed E-state index contributed by atoms with van der Waals surface area (Å²) in [6, 6.07) is 3.32. The van der Waals surface area contributed by atoms with Crippen LogP contribution < -0.4 is 4.74 Å². The molecule has 0 N–H and O–H groups in total. The Balaban J connectivity index is 3.10. The number of benzene rings is 1. The van der Waals surface area contributed by atoms with E-state index in [0.29, 0.717) is 6.42 Å². The molecule has 0 aliphatic rings. The van der Waals surface area contributed by atoms with Crippen LogP contribution in [0.5, 0.6) is 5.75 Å². The highest BCUT2D eigenvalue weighted by Crippen LogP contribution is 2.36. The predicted molar refractivity (Wildman–Crippen MR) is 64.8 cm³/mol. The van der Waals surface area contributed by atoms with Crippen LogP contribution >= 0.6 is 0 Å². The van der Waals surface area contributed by atoms with Crippen LogP contribution in [0.2, 0.25) is 0 Å². The minimum Gasteiger partial charge on any atom is -0.419 e. The van der Waals surface area contributed by atoms with Crippen molar-refractivity contribution in [2.24, 2.45) is 0 Å². The van der Waals surface area contributed by atoms with Gasteiger partial charge in [0.15, 0.2) is 0 Å². The van der Waals surface area contributed by atoms with Crippen molar-refractivity contribution in [1.82, 2.24) is 0 Å². The molecular weight excluding hydrogens is 256 g/mol. The summed E-state index contributed by atoms with van der Waals surface area (Å²) in [6.45, 7) is 3.42. The molecule has 0 fully saturated rings. The first-order valence-corrected chi connectivity index (χ1v) is 5.20. The number of nitro benzene ring substituents is 2. The van der Waals surface area contributed by atoms with Gasteiger partial charge in [-0.15, -0.1) is 6.58 Å². The Kier molecular flexibility index (Phi) is 4.69. The molecule has 0 saturated carbocycles. The summed E-state index contributed by atoms with van der Waals surface area (Å²) < 4.78 is 4.77. The zero-order chi connectivity index (χ0) is 14.4. The second kappa shape index (κ2) is 6.24. The fourth-order valence-corrected chi connectivity index (χ4v) is 1.32. The summed E-state index contributed by atoms with van der Waals surface area (Å²) in [5.41, 5.74) is -1.56. The summed E-state index contributed by atoms with van der Waals surface area (Å²) in [5.74, 6) is -1.16. The first-order chi connectivity index (χ1) is 8.97. The molecule has 0 bridgehead atoms. The lowest BCUT2D eigenvalue weighted by molar-refractivity contribution is -0.423. The summed E-state index contributed by atoms with van der Waals surface area (Å²) in [6.07, 6.45) is 1.83. The number of nitro groups is 2. The molecule has 19 heavy (non-hydrogen) atoms. The predicted octanol–water partition coefficient (Wildman–Crippen LogP) is 2.37. The third kappa shape index (κ3) is 3.60. The van der Waals surface area contributed by atoms with E-state index in [0.717, 1.165) is 12.1 Å². The van der Waals surface area contributed by atoms with Crippen LogP contribution in [0.15, 0.2) is 30.9 Å². The van der Waals surface area contributed by atoms with Gasteiger partial charge >= 0.3 is 17.3 Å². The molecule has 0 amide bonds. The maximum Gasteiger partial charge on any atom is 0.388 e. The third-order valence-electron chi connectivity index (χ3n) is 2.13. The molecule has 0 atom stereocenters. The number of nitrogens with zero attached hydrogens (tertiary/aromatic N) is 2. The Hall–Kier alpha value is -2.77. The molecule has 0 heterocycles. The van der Waals surface area contributed by atoms with Crippen LogP contribution in [0, 0.1) is 20.2 Å². The largest absolute Gasteiger partial charge is 0.419 e. The number of ether oxygens (including phenoxy) is 1. The molecule has 1 aromatic rings. The maximum absolute atomic E-state index is 11.4. The standard InChI is InChI=1S/C11H10N2O6/c1-2-3-7-10(14)19-9-6-4-5-8(12(15)16)11(9)13(17)18/h2,4-6H,1,3,7H2. The molecular formula is C11H10N2O6. The molecule has 0 unspecified atom stereocenters. The van der Waals surface area contributed by atoms with Crippen molar-refractivity contribution in [3.05, 3.63) is 51.1 Å². The first kappa shape index (κ1) is 14.3. The van der Waals surface area contributed by atoms with Crippen molar-refractivity contribution < 1.29 is 19.4 Å². The van der Waals surface area contributed by atoms with Gasteiger partial charge in [0.1, 0.15) is 0 Å². The number of carbonyl (C=O) groups is 1. The number of esters is 1. The number of carbonyl (C=O) groups excluding carboxylic acids is 1. The van der Waals surface area contributed by atoms with E-state index < -0.39 is 32.9 Å². The third-order valence-corrected chi connectivity index (χ3v) is 2.13. The lowest BCUT2D eigenvalue weighted by atomic mass is 10.2. The minimum absolute atomic E-state index is 0.0106. The molecule has 1 rings (SSSR count). The fraction of sp³-hybridized carbons (Fsp3) is 0.182. The van der Waals surface area contributed by atoms with E-state index in [1.54, 1.807) is 0 Å². The van der Waals surface area contributed by atoms with Crippen LogP contribution in [0.3, 0.4) is 0 Å². The highest BCUT2D eigenvalue weighted by atomic mass is 16.6. The van der Waals surface area contributed by atoms with Crippen molar-refractivity contribution in [2.45, 2.75) is 12.8 Å². The van der Waals surface area contributed by atoms with Gasteiger partial charge in [0.2, 0.25) is 5.75 Å². The van der Waals surface area contributed by atoms with Crippen molar-refractivity contribution >= 4 is 17.3 Å². The number of para-hydroxylation sites is 1. The second-order valence-electron chi connectivity index (χ2n) is 3.44. The van der Waals surface area contributed by atoms with E-state index in [1.165, 1.54) is 12.1 Å². The molecule has 8 heteroatoms. The Bertz CT molecular complexity index is 540. The zero-order valence-corrected chi connectivity index (χ0v) is 9.77. The molecule has 0 spiro atoms. The summed E-state index contributed by atoms with van der Waals surface area (Å²) in [5, 5.41) is 21.5. The Labute approximate surface area is 107 Å². The number of hydrogen-bond acceptors (Lipinski definition) is 6. The second-order valence-corrected chi connectivity index (χ2v) is 3.44. The molecule has 100 valence electrons. The Morgan fingerprint density at radius 3 is 2.53 bits per heavy atom. The smallest absolute Gasteiger partial charge is 0.388 e. The lowest BCUT2D eigenvalue weighted by Crippen LogP contribution is -2.09. The van der Waals surface area contributed by atoms with Gasteiger partial charge in [0.25, 0.3) is 0 Å². The lowest BCUT2D eigenvalue weighted by Gasteiger charge is -2.04. The quantitative estimate of drug-likeness (QED) is 0.257. The SMILES string of the molecule is C=CCCC(=O)Oc1cccc([N+](=O)[O-])c1[N+](=O)[O-]. The monoisotopic (exact) mass is 266 g/mol. The van der Waals surface area contributed by atoms with Gasteiger partial charge in [-0.25, -0.2) is 0 Å². The number of hydrogen-bond donors (Lipinski definition) is 0. The van der Waals surface area contributed by atoms with Gasteiger partial charge in [0, 0.05) is 12.5 Å². The summed E-state index contributed by atoms with van der Waals surface area (Å²) in [7, 11) is 0. The van der Waals surface area contributed by atoms with Crippen LogP contribution in [0.25, 0.3) is 0 Å². The summed E-state index contributed by atoms with van der Waals surface area (Å²) in [4.78, 5) is 31.0. The van der Waals surface area contributed by atoms with Crippen LogP contribution in [-0.4, -0.2) is 15.8 Å². The van der Waals surface area contributed by atoms with Crippen molar-refractivity contribution in [2.75, 3.05) is 0 Å². The molecule has 8 nitrogen and oxygen atoms in total. The number of rotatable bonds is 6. The van der Waals surface area contributed by atoms with Gasteiger partial charge in [-0.3, -0.25) is 25.0 Å². The fourth-order valence-electron chi connectivity index (χ4n) is 1.32. The van der Waals surface area contributed by atoms with Gasteiger partial charge in [-0.05, 0) is 12.5 Å². The minimum atomic E-state index is -0.950. The van der Waals surface area contributed by atoms with Gasteiger partial charge in [-0.2, -0.15) is 0 Å².